The molecule has 2 fully saturated rings. The number of nitrogens with zero attached hydrogens (tertiary/aromatic N) is 4. The molecule has 4 aromatic rings. The van der Waals surface area contributed by atoms with Gasteiger partial charge in [0.2, 0.25) is 0 Å². The lowest BCUT2D eigenvalue weighted by Gasteiger charge is -2.23. The van der Waals surface area contributed by atoms with Gasteiger partial charge in [-0.25, -0.2) is 9.37 Å². The molecule has 1 aliphatic heterocycles. The second-order valence-corrected chi connectivity index (χ2v) is 9.62. The van der Waals surface area contributed by atoms with Gasteiger partial charge in [-0.2, -0.15) is 9.61 Å². The molecule has 35 heavy (non-hydrogen) atoms. The van der Waals surface area contributed by atoms with Crippen LogP contribution in [0.3, 0.4) is 0 Å². The molecule has 1 aliphatic carbocycles. The zero-order valence-electron chi connectivity index (χ0n) is 19.7. The fraction of sp³-hybridized carbons (Fsp3) is 0.370. The van der Waals surface area contributed by atoms with E-state index in [0.29, 0.717) is 18.4 Å². The van der Waals surface area contributed by atoms with Crippen molar-refractivity contribution < 1.29 is 4.39 Å². The van der Waals surface area contributed by atoms with E-state index in [9.17, 15) is 4.39 Å². The maximum Gasteiger partial charge on any atom is 0.163 e. The monoisotopic (exact) mass is 471 g/mol. The Bertz CT molecular complexity index is 1290. The van der Waals surface area contributed by atoms with Crippen molar-refractivity contribution in [1.82, 2.24) is 24.9 Å². The van der Waals surface area contributed by atoms with E-state index >= 15 is 0 Å². The Morgan fingerprint density at radius 2 is 1.80 bits per heavy atom. The quantitative estimate of drug-likeness (QED) is 0.342. The standard InChI is InChI=1S/C27H30FN7/c28-22-7-8-24(30-16-22)21-3-1-18(2-4-21)15-32-26-13-25(31-14-19-9-11-29-12-10-19)34-27-23(20-5-6-20)17-33-35(26)27/h1-4,7-8,13,16-17,19-20,29,32H,5-6,9-12,14-15H2,(H,31,34). The molecule has 8 heteroatoms. The number of piperidine rings is 1. The van der Waals surface area contributed by atoms with Crippen LogP contribution < -0.4 is 16.0 Å². The van der Waals surface area contributed by atoms with Crippen LogP contribution in [-0.4, -0.2) is 39.2 Å². The van der Waals surface area contributed by atoms with Gasteiger partial charge in [-0.3, -0.25) is 4.98 Å². The number of rotatable bonds is 8. The summed E-state index contributed by atoms with van der Waals surface area (Å²) < 4.78 is 15.1. The van der Waals surface area contributed by atoms with E-state index in [-0.39, 0.29) is 5.82 Å². The molecule has 1 saturated carbocycles. The molecule has 0 amide bonds. The number of benzene rings is 1. The minimum atomic E-state index is -0.327. The highest BCUT2D eigenvalue weighted by Gasteiger charge is 2.28. The molecule has 180 valence electrons. The molecular formula is C27H30FN7. The van der Waals surface area contributed by atoms with Crippen molar-refractivity contribution in [2.24, 2.45) is 5.92 Å². The number of anilines is 2. The maximum atomic E-state index is 13.2. The largest absolute Gasteiger partial charge is 0.370 e. The lowest BCUT2D eigenvalue weighted by molar-refractivity contribution is 0.389. The third-order valence-corrected chi connectivity index (χ3v) is 7.00. The van der Waals surface area contributed by atoms with Gasteiger partial charge >= 0.3 is 0 Å². The Kier molecular flexibility index (Phi) is 6.04. The summed E-state index contributed by atoms with van der Waals surface area (Å²) in [6.45, 7) is 3.78. The Morgan fingerprint density at radius 1 is 0.971 bits per heavy atom. The van der Waals surface area contributed by atoms with Crippen LogP contribution in [0.1, 0.15) is 42.7 Å². The molecule has 4 heterocycles. The second-order valence-electron chi connectivity index (χ2n) is 9.62. The molecule has 7 nitrogen and oxygen atoms in total. The fourth-order valence-corrected chi connectivity index (χ4v) is 4.75. The minimum absolute atomic E-state index is 0.327. The highest BCUT2D eigenvalue weighted by atomic mass is 19.1. The third-order valence-electron chi connectivity index (χ3n) is 7.00. The van der Waals surface area contributed by atoms with Gasteiger partial charge in [0.05, 0.1) is 18.1 Å². The highest BCUT2D eigenvalue weighted by molar-refractivity contribution is 5.62. The lowest BCUT2D eigenvalue weighted by atomic mass is 9.98. The summed E-state index contributed by atoms with van der Waals surface area (Å²) in [5.41, 5.74) is 5.05. The molecule has 0 spiro atoms. The zero-order chi connectivity index (χ0) is 23.6. The lowest BCUT2D eigenvalue weighted by Crippen LogP contribution is -2.31. The van der Waals surface area contributed by atoms with E-state index in [1.807, 2.05) is 22.8 Å². The van der Waals surface area contributed by atoms with Crippen molar-refractivity contribution in [2.45, 2.75) is 38.1 Å². The van der Waals surface area contributed by atoms with E-state index in [4.69, 9.17) is 4.98 Å². The van der Waals surface area contributed by atoms with Crippen LogP contribution in [0.5, 0.6) is 0 Å². The van der Waals surface area contributed by atoms with Gasteiger partial charge in [0.1, 0.15) is 17.5 Å². The van der Waals surface area contributed by atoms with Crippen LogP contribution >= 0.6 is 0 Å². The molecule has 0 unspecified atom stereocenters. The summed E-state index contributed by atoms with van der Waals surface area (Å²) >= 11 is 0. The van der Waals surface area contributed by atoms with Crippen molar-refractivity contribution in [3.63, 3.8) is 0 Å². The Labute approximate surface area is 204 Å². The molecule has 1 aromatic carbocycles. The summed E-state index contributed by atoms with van der Waals surface area (Å²) in [7, 11) is 0. The summed E-state index contributed by atoms with van der Waals surface area (Å²) in [6, 6.07) is 13.4. The van der Waals surface area contributed by atoms with E-state index in [1.165, 1.54) is 43.5 Å². The molecule has 2 aliphatic rings. The van der Waals surface area contributed by atoms with Crippen LogP contribution in [0.4, 0.5) is 16.0 Å². The SMILES string of the molecule is Fc1ccc(-c2ccc(CNc3cc(NCC4CCNCC4)nc4c(C5CC5)cnn34)cc2)nc1. The Morgan fingerprint density at radius 3 is 2.54 bits per heavy atom. The Balaban J connectivity index is 1.20. The van der Waals surface area contributed by atoms with Gasteiger partial charge in [0.15, 0.2) is 5.65 Å². The van der Waals surface area contributed by atoms with Gasteiger partial charge in [0.25, 0.3) is 0 Å². The van der Waals surface area contributed by atoms with E-state index < -0.39 is 0 Å². The molecule has 0 atom stereocenters. The maximum absolute atomic E-state index is 13.2. The van der Waals surface area contributed by atoms with Crippen LogP contribution in [0.15, 0.2) is 54.9 Å². The Hall–Kier alpha value is -3.52. The van der Waals surface area contributed by atoms with Crippen molar-refractivity contribution in [2.75, 3.05) is 30.3 Å². The first kappa shape index (κ1) is 22.0. The van der Waals surface area contributed by atoms with E-state index in [2.05, 4.69) is 44.2 Å². The third kappa shape index (κ3) is 4.98. The first-order valence-corrected chi connectivity index (χ1v) is 12.5. The second kappa shape index (κ2) is 9.62. The van der Waals surface area contributed by atoms with Gasteiger partial charge < -0.3 is 16.0 Å². The molecule has 3 N–H and O–H groups in total. The highest BCUT2D eigenvalue weighted by Crippen LogP contribution is 2.42. The number of hydrogen-bond acceptors (Lipinski definition) is 6. The summed E-state index contributed by atoms with van der Waals surface area (Å²) in [6.07, 6.45) is 8.05. The summed E-state index contributed by atoms with van der Waals surface area (Å²) in [5.74, 6) is 2.76. The van der Waals surface area contributed by atoms with Crippen LogP contribution in [0.25, 0.3) is 16.9 Å². The van der Waals surface area contributed by atoms with Crippen LogP contribution in [0.2, 0.25) is 0 Å². The number of pyridine rings is 1. The molecule has 6 rings (SSSR count). The molecule has 1 saturated heterocycles. The van der Waals surface area contributed by atoms with Crippen molar-refractivity contribution in [3.05, 3.63) is 71.8 Å². The predicted molar refractivity (Wildman–Crippen MR) is 136 cm³/mol. The number of aromatic nitrogens is 4. The summed E-state index contributed by atoms with van der Waals surface area (Å²) in [5, 5.41) is 15.3. The average molecular weight is 472 g/mol. The normalized spacial score (nSPS) is 16.5. The van der Waals surface area contributed by atoms with Gasteiger partial charge in [0, 0.05) is 30.3 Å². The van der Waals surface area contributed by atoms with Gasteiger partial charge in [-0.05, 0) is 68.3 Å². The van der Waals surface area contributed by atoms with Crippen molar-refractivity contribution in [3.8, 4) is 11.3 Å². The number of fused-ring (bicyclic) bond motifs is 1. The fourth-order valence-electron chi connectivity index (χ4n) is 4.75. The van der Waals surface area contributed by atoms with E-state index in [0.717, 1.165) is 53.7 Å². The smallest absolute Gasteiger partial charge is 0.163 e. The van der Waals surface area contributed by atoms with Crippen molar-refractivity contribution in [1.29, 1.82) is 0 Å². The molecule has 0 radical (unpaired) electrons. The van der Waals surface area contributed by atoms with Crippen LogP contribution in [-0.2, 0) is 6.54 Å². The number of nitrogens with one attached hydrogen (secondary N) is 3. The first-order valence-electron chi connectivity index (χ1n) is 12.5. The average Bonchev–Trinajstić information content (AvgIpc) is 3.66. The van der Waals surface area contributed by atoms with E-state index in [1.54, 1.807) is 6.07 Å². The molecule has 0 bridgehead atoms. The summed E-state index contributed by atoms with van der Waals surface area (Å²) in [4.78, 5) is 9.12. The van der Waals surface area contributed by atoms with Crippen LogP contribution in [0, 0.1) is 11.7 Å². The molecule has 3 aromatic heterocycles. The van der Waals surface area contributed by atoms with Crippen molar-refractivity contribution >= 4 is 17.3 Å². The van der Waals surface area contributed by atoms with Gasteiger partial charge in [-0.1, -0.05) is 24.3 Å². The predicted octanol–water partition coefficient (Wildman–Crippen LogP) is 4.83. The first-order chi connectivity index (χ1) is 17.2. The topological polar surface area (TPSA) is 79.2 Å². The zero-order valence-corrected chi connectivity index (χ0v) is 19.7. The van der Waals surface area contributed by atoms with Gasteiger partial charge in [-0.15, -0.1) is 0 Å². The minimum Gasteiger partial charge on any atom is -0.370 e. The number of halogens is 1. The number of hydrogen-bond donors (Lipinski definition) is 3. The molecular weight excluding hydrogens is 441 g/mol.